The molecule has 0 aromatic heterocycles. The molecular formula is C17H21ISi. The summed E-state index contributed by atoms with van der Waals surface area (Å²) in [5, 5.41) is 2.76. The molecule has 2 rings (SSSR count). The maximum Gasteiger partial charge on any atom is 0.0854 e. The van der Waals surface area contributed by atoms with Crippen molar-refractivity contribution in [1.29, 1.82) is 0 Å². The van der Waals surface area contributed by atoms with Crippen molar-refractivity contribution in [3.8, 4) is 0 Å². The molecule has 0 radical (unpaired) electrons. The number of hydrogen-bond acceptors (Lipinski definition) is 0. The maximum absolute atomic E-state index is 2.53. The van der Waals surface area contributed by atoms with E-state index in [1.165, 1.54) is 30.7 Å². The predicted octanol–water partition coefficient (Wildman–Crippen LogP) is 6.11. The fourth-order valence-corrected chi connectivity index (χ4v) is 3.16. The predicted molar refractivity (Wildman–Crippen MR) is 98.8 cm³/mol. The zero-order valence-electron chi connectivity index (χ0n) is 12.3. The van der Waals surface area contributed by atoms with Gasteiger partial charge in [-0.15, -0.1) is 0 Å². The monoisotopic (exact) mass is 380 g/mol. The van der Waals surface area contributed by atoms with Crippen molar-refractivity contribution in [2.24, 2.45) is 0 Å². The molecule has 0 saturated carbocycles. The van der Waals surface area contributed by atoms with Gasteiger partial charge in [0.15, 0.2) is 0 Å². The Morgan fingerprint density at radius 2 is 1.63 bits per heavy atom. The van der Waals surface area contributed by atoms with Gasteiger partial charge in [-0.2, -0.15) is 0 Å². The minimum Gasteiger partial charge on any atom is -0.0652 e. The Balaban J connectivity index is 2.67. The zero-order chi connectivity index (χ0) is 14.2. The lowest BCUT2D eigenvalue weighted by molar-refractivity contribution is 1.43. The molecule has 0 spiro atoms. The van der Waals surface area contributed by atoms with Crippen LogP contribution >= 0.6 is 22.6 Å². The van der Waals surface area contributed by atoms with Gasteiger partial charge >= 0.3 is 0 Å². The summed E-state index contributed by atoms with van der Waals surface area (Å²) >= 11 is 2.53. The average molecular weight is 380 g/mol. The first-order chi connectivity index (χ1) is 8.80. The first-order valence-electron chi connectivity index (χ1n) is 6.67. The summed E-state index contributed by atoms with van der Waals surface area (Å²) in [7, 11) is -1.20. The van der Waals surface area contributed by atoms with E-state index in [0.717, 1.165) is 0 Å². The number of aryl methyl sites for hydroxylation is 2. The number of benzene rings is 2. The van der Waals surface area contributed by atoms with Crippen LogP contribution in [0.15, 0.2) is 33.5 Å². The van der Waals surface area contributed by atoms with Crippen LogP contribution in [-0.4, -0.2) is 8.07 Å². The van der Waals surface area contributed by atoms with Crippen molar-refractivity contribution in [2.45, 2.75) is 33.5 Å². The summed E-state index contributed by atoms with van der Waals surface area (Å²) in [5.41, 5.74) is 4.14. The third kappa shape index (κ3) is 3.11. The Morgan fingerprint density at radius 1 is 1.05 bits per heavy atom. The molecule has 0 amide bonds. The molecule has 19 heavy (non-hydrogen) atoms. The summed E-state index contributed by atoms with van der Waals surface area (Å²) < 4.78 is 1.53. The highest BCUT2D eigenvalue weighted by Crippen LogP contribution is 2.30. The van der Waals surface area contributed by atoms with Crippen LogP contribution in [0.4, 0.5) is 0 Å². The number of halogens is 1. The molecule has 0 unspecified atom stereocenters. The van der Waals surface area contributed by atoms with Gasteiger partial charge in [0.2, 0.25) is 0 Å². The van der Waals surface area contributed by atoms with E-state index >= 15 is 0 Å². The Bertz CT molecular complexity index is 648. The van der Waals surface area contributed by atoms with Gasteiger partial charge in [0.1, 0.15) is 0 Å². The molecule has 0 fully saturated rings. The molecule has 2 aromatic rings. The largest absolute Gasteiger partial charge is 0.0854 e. The lowest BCUT2D eigenvalue weighted by atomic mass is 9.96. The molecule has 0 aliphatic rings. The Kier molecular flexibility index (Phi) is 4.21. The zero-order valence-corrected chi connectivity index (χ0v) is 15.5. The second-order valence-corrected chi connectivity index (χ2v) is 13.4. The number of fused-ring (bicyclic) bond motifs is 1. The first kappa shape index (κ1) is 14.8. The topological polar surface area (TPSA) is 0 Å². The van der Waals surface area contributed by atoms with E-state index in [1.54, 1.807) is 0 Å². The normalized spacial score (nSPS) is 13.1. The molecule has 2 aromatic carbocycles. The quantitative estimate of drug-likeness (QED) is 0.436. The van der Waals surface area contributed by atoms with E-state index in [-0.39, 0.29) is 0 Å². The van der Waals surface area contributed by atoms with Gasteiger partial charge < -0.3 is 0 Å². The smallest absolute Gasteiger partial charge is 0.0652 e. The van der Waals surface area contributed by atoms with Crippen LogP contribution in [-0.2, 0) is 0 Å². The van der Waals surface area contributed by atoms with Crippen LogP contribution in [0.3, 0.4) is 0 Å². The summed E-state index contributed by atoms with van der Waals surface area (Å²) in [5.74, 6) is 0. The third-order valence-electron chi connectivity index (χ3n) is 3.56. The van der Waals surface area contributed by atoms with Crippen LogP contribution in [0.25, 0.3) is 16.8 Å². The van der Waals surface area contributed by atoms with Crippen LogP contribution in [0.5, 0.6) is 0 Å². The highest BCUT2D eigenvalue weighted by atomic mass is 127. The second kappa shape index (κ2) is 5.41. The van der Waals surface area contributed by atoms with Gasteiger partial charge in [-0.3, -0.25) is 0 Å². The molecule has 0 saturated heterocycles. The van der Waals surface area contributed by atoms with Crippen molar-refractivity contribution in [3.05, 3.63) is 50.2 Å². The Morgan fingerprint density at radius 3 is 2.21 bits per heavy atom. The van der Waals surface area contributed by atoms with Crippen LogP contribution < -0.4 is 0 Å². The summed E-state index contributed by atoms with van der Waals surface area (Å²) in [6.45, 7) is 11.6. The molecule has 100 valence electrons. The van der Waals surface area contributed by atoms with Gasteiger partial charge in [0, 0.05) is 0 Å². The average Bonchev–Trinajstić information content (AvgIpc) is 2.34. The van der Waals surface area contributed by atoms with Crippen molar-refractivity contribution < 1.29 is 0 Å². The van der Waals surface area contributed by atoms with E-state index < -0.39 is 8.07 Å². The highest BCUT2D eigenvalue weighted by molar-refractivity contribution is 14.1. The molecule has 0 atom stereocenters. The molecule has 0 heterocycles. The standard InChI is InChI=1S/C17H21ISi/c1-12-10-14(11-17(18)19(3,4)5)13(2)16-9-7-6-8-15(12)16/h6-11H,1-5H3/b17-11+. The van der Waals surface area contributed by atoms with E-state index in [0.29, 0.717) is 0 Å². The molecule has 0 aliphatic carbocycles. The minimum atomic E-state index is -1.20. The van der Waals surface area contributed by atoms with E-state index in [2.05, 4.69) is 92.5 Å². The number of hydrogen-bond donors (Lipinski definition) is 0. The Labute approximate surface area is 131 Å². The molecule has 0 N–H and O–H groups in total. The fourth-order valence-electron chi connectivity index (χ4n) is 2.23. The number of rotatable bonds is 2. The lowest BCUT2D eigenvalue weighted by Crippen LogP contribution is -2.20. The highest BCUT2D eigenvalue weighted by Gasteiger charge is 2.17. The van der Waals surface area contributed by atoms with Crippen molar-refractivity contribution in [1.82, 2.24) is 0 Å². The SMILES string of the molecule is Cc1cc(/C=C(\I)[Si](C)(C)C)c(C)c2ccccc12. The van der Waals surface area contributed by atoms with Gasteiger partial charge in [0.25, 0.3) is 0 Å². The fraction of sp³-hybridized carbons (Fsp3) is 0.294. The molecule has 0 nitrogen and oxygen atoms in total. The van der Waals surface area contributed by atoms with Gasteiger partial charge in [-0.25, -0.2) is 0 Å². The van der Waals surface area contributed by atoms with Gasteiger partial charge in [0.05, 0.1) is 8.07 Å². The minimum absolute atomic E-state index is 1.20. The van der Waals surface area contributed by atoms with Crippen LogP contribution in [0.1, 0.15) is 16.7 Å². The van der Waals surface area contributed by atoms with Crippen molar-refractivity contribution in [2.75, 3.05) is 0 Å². The van der Waals surface area contributed by atoms with Crippen molar-refractivity contribution in [3.63, 3.8) is 0 Å². The second-order valence-electron chi connectivity index (χ2n) is 6.20. The first-order valence-corrected chi connectivity index (χ1v) is 11.2. The van der Waals surface area contributed by atoms with Crippen LogP contribution in [0.2, 0.25) is 19.6 Å². The van der Waals surface area contributed by atoms with E-state index in [9.17, 15) is 0 Å². The van der Waals surface area contributed by atoms with Crippen LogP contribution in [0, 0.1) is 13.8 Å². The molecule has 0 bridgehead atoms. The van der Waals surface area contributed by atoms with Crippen molar-refractivity contribution >= 4 is 47.5 Å². The van der Waals surface area contributed by atoms with Gasteiger partial charge in [-0.05, 0) is 50.6 Å². The maximum atomic E-state index is 2.53. The van der Waals surface area contributed by atoms with E-state index in [4.69, 9.17) is 0 Å². The third-order valence-corrected chi connectivity index (χ3v) is 10.3. The lowest BCUT2D eigenvalue weighted by Gasteiger charge is -2.17. The molecule has 0 aliphatic heterocycles. The van der Waals surface area contributed by atoms with Gasteiger partial charge in [-0.1, -0.05) is 72.6 Å². The summed E-state index contributed by atoms with van der Waals surface area (Å²) in [4.78, 5) is 0. The Hall–Kier alpha value is -0.613. The summed E-state index contributed by atoms with van der Waals surface area (Å²) in [6.07, 6.45) is 2.39. The molecule has 2 heteroatoms. The molecular weight excluding hydrogens is 359 g/mol. The van der Waals surface area contributed by atoms with E-state index in [1.807, 2.05) is 0 Å². The summed E-state index contributed by atoms with van der Waals surface area (Å²) in [6, 6.07) is 11.0.